The zero-order valence-corrected chi connectivity index (χ0v) is 22.4. The molecule has 1 rings (SSSR count). The Kier molecular flexibility index (Phi) is 12.2. The van der Waals surface area contributed by atoms with Crippen molar-refractivity contribution in [1.29, 1.82) is 0 Å². The summed E-state index contributed by atoms with van der Waals surface area (Å²) in [5.74, 6) is -1.80. The molecular formula is C26H41N3O7. The van der Waals surface area contributed by atoms with Crippen LogP contribution in [0.15, 0.2) is 24.3 Å². The molecule has 0 saturated heterocycles. The van der Waals surface area contributed by atoms with E-state index in [4.69, 9.17) is 9.47 Å². The lowest BCUT2D eigenvalue weighted by molar-refractivity contribution is -0.144. The topological polar surface area (TPSA) is 134 Å². The molecular weight excluding hydrogens is 466 g/mol. The highest BCUT2D eigenvalue weighted by Crippen LogP contribution is 2.26. The van der Waals surface area contributed by atoms with Crippen molar-refractivity contribution in [1.82, 2.24) is 15.5 Å². The maximum atomic E-state index is 13.8. The first-order valence-corrected chi connectivity index (χ1v) is 12.3. The van der Waals surface area contributed by atoms with Crippen molar-refractivity contribution >= 4 is 23.9 Å². The number of carbonyl (C=O) groups is 4. The van der Waals surface area contributed by atoms with Crippen molar-refractivity contribution in [3.8, 4) is 5.75 Å². The second-order valence-corrected chi connectivity index (χ2v) is 9.74. The molecule has 10 nitrogen and oxygen atoms in total. The Morgan fingerprint density at radius 1 is 1.11 bits per heavy atom. The third-order valence-corrected chi connectivity index (χ3v) is 5.03. The van der Waals surface area contributed by atoms with E-state index >= 15 is 0 Å². The van der Waals surface area contributed by atoms with Crippen LogP contribution in [0.25, 0.3) is 0 Å². The molecule has 2 atom stereocenters. The van der Waals surface area contributed by atoms with E-state index in [1.807, 2.05) is 6.92 Å². The van der Waals surface area contributed by atoms with Gasteiger partial charge in [0.05, 0.1) is 13.0 Å². The van der Waals surface area contributed by atoms with Crippen LogP contribution in [0.2, 0.25) is 0 Å². The largest absolute Gasteiger partial charge is 0.508 e. The van der Waals surface area contributed by atoms with E-state index in [1.54, 1.807) is 53.7 Å². The van der Waals surface area contributed by atoms with E-state index in [9.17, 15) is 24.3 Å². The SMILES string of the molecule is CCCN(C(=O)C(NC(=O)OC(C)(C)C)C(C)C)C(C(=O)NCCC(=O)OCC)c1cccc(O)c1. The number of phenolic OH excluding ortho intramolecular Hbond substituents is 1. The summed E-state index contributed by atoms with van der Waals surface area (Å²) in [6, 6.07) is 4.03. The number of alkyl carbamates (subject to hydrolysis) is 1. The quantitative estimate of drug-likeness (QED) is 0.370. The van der Waals surface area contributed by atoms with Gasteiger partial charge < -0.3 is 30.1 Å². The Hall–Kier alpha value is -3.30. The van der Waals surface area contributed by atoms with Gasteiger partial charge in [-0.15, -0.1) is 0 Å². The number of amides is 3. The number of rotatable bonds is 12. The van der Waals surface area contributed by atoms with Gasteiger partial charge in [-0.05, 0) is 57.7 Å². The number of nitrogens with zero attached hydrogens (tertiary/aromatic N) is 1. The molecule has 0 bridgehead atoms. The number of esters is 1. The normalized spacial score (nSPS) is 12.9. The summed E-state index contributed by atoms with van der Waals surface area (Å²) in [7, 11) is 0. The predicted molar refractivity (Wildman–Crippen MR) is 135 cm³/mol. The van der Waals surface area contributed by atoms with Crippen molar-refractivity contribution in [3.05, 3.63) is 29.8 Å². The van der Waals surface area contributed by atoms with Gasteiger partial charge in [0.2, 0.25) is 11.8 Å². The number of hydrogen-bond donors (Lipinski definition) is 3. The van der Waals surface area contributed by atoms with Crippen LogP contribution in [0.4, 0.5) is 4.79 Å². The molecule has 1 aromatic rings. The first-order valence-electron chi connectivity index (χ1n) is 12.3. The first kappa shape index (κ1) is 30.7. The molecule has 0 aliphatic carbocycles. The van der Waals surface area contributed by atoms with Crippen molar-refractivity contribution in [2.24, 2.45) is 5.92 Å². The van der Waals surface area contributed by atoms with E-state index in [2.05, 4.69) is 10.6 Å². The second-order valence-electron chi connectivity index (χ2n) is 9.74. The van der Waals surface area contributed by atoms with Gasteiger partial charge in [-0.2, -0.15) is 0 Å². The summed E-state index contributed by atoms with van der Waals surface area (Å²) in [6.45, 7) is 12.8. The molecule has 1 aromatic carbocycles. The van der Waals surface area contributed by atoms with Crippen LogP contribution >= 0.6 is 0 Å². The number of ether oxygens (including phenoxy) is 2. The lowest BCUT2D eigenvalue weighted by atomic mass is 9.98. The molecule has 0 aromatic heterocycles. The molecule has 0 fully saturated rings. The highest BCUT2D eigenvalue weighted by Gasteiger charge is 2.37. The number of carbonyl (C=O) groups excluding carboxylic acids is 4. The van der Waals surface area contributed by atoms with Crippen LogP contribution in [-0.4, -0.2) is 65.2 Å². The number of phenols is 1. The number of hydrogen-bond acceptors (Lipinski definition) is 7. The van der Waals surface area contributed by atoms with Gasteiger partial charge in [-0.1, -0.05) is 32.9 Å². The molecule has 2 unspecified atom stereocenters. The standard InChI is InChI=1S/C26H41N3O7/c1-8-15-29(24(33)21(17(3)4)28-25(34)36-26(5,6)7)22(18-11-10-12-19(30)16-18)23(32)27-14-13-20(31)35-9-2/h10-12,16-17,21-22,30H,8-9,13-15H2,1-7H3,(H,27,32)(H,28,34). The fraction of sp³-hybridized carbons (Fsp3) is 0.615. The summed E-state index contributed by atoms with van der Waals surface area (Å²) in [4.78, 5) is 52.7. The van der Waals surface area contributed by atoms with Gasteiger partial charge in [0.15, 0.2) is 0 Å². The lowest BCUT2D eigenvalue weighted by Crippen LogP contribution is -2.55. The van der Waals surface area contributed by atoms with Crippen molar-refractivity contribution < 1.29 is 33.8 Å². The summed E-state index contributed by atoms with van der Waals surface area (Å²) in [5.41, 5.74) is -0.356. The summed E-state index contributed by atoms with van der Waals surface area (Å²) >= 11 is 0. The highest BCUT2D eigenvalue weighted by molar-refractivity contribution is 5.92. The fourth-order valence-electron chi connectivity index (χ4n) is 3.52. The maximum absolute atomic E-state index is 13.8. The molecule has 0 spiro atoms. The molecule has 3 N–H and O–H groups in total. The average molecular weight is 508 g/mol. The third-order valence-electron chi connectivity index (χ3n) is 5.03. The van der Waals surface area contributed by atoms with E-state index in [1.165, 1.54) is 17.0 Å². The number of aromatic hydroxyl groups is 1. The molecule has 202 valence electrons. The Morgan fingerprint density at radius 3 is 2.31 bits per heavy atom. The van der Waals surface area contributed by atoms with Crippen molar-refractivity contribution in [2.75, 3.05) is 19.7 Å². The highest BCUT2D eigenvalue weighted by atomic mass is 16.6. The lowest BCUT2D eigenvalue weighted by Gasteiger charge is -2.35. The van der Waals surface area contributed by atoms with Crippen molar-refractivity contribution in [3.63, 3.8) is 0 Å². The van der Waals surface area contributed by atoms with E-state index in [0.717, 1.165) is 0 Å². The molecule has 10 heteroatoms. The van der Waals surface area contributed by atoms with Gasteiger partial charge in [-0.3, -0.25) is 14.4 Å². The summed E-state index contributed by atoms with van der Waals surface area (Å²) in [5, 5.41) is 15.4. The van der Waals surface area contributed by atoms with Gasteiger partial charge in [0, 0.05) is 13.1 Å². The minimum atomic E-state index is -1.10. The smallest absolute Gasteiger partial charge is 0.408 e. The van der Waals surface area contributed by atoms with Crippen molar-refractivity contribution in [2.45, 2.75) is 79.0 Å². The number of benzene rings is 1. The minimum absolute atomic E-state index is 0.0188. The van der Waals surface area contributed by atoms with Crippen LogP contribution < -0.4 is 10.6 Å². The van der Waals surface area contributed by atoms with E-state index < -0.39 is 41.6 Å². The van der Waals surface area contributed by atoms with E-state index in [0.29, 0.717) is 12.0 Å². The van der Waals surface area contributed by atoms with E-state index in [-0.39, 0.29) is 37.8 Å². The van der Waals surface area contributed by atoms with Crippen LogP contribution in [0.3, 0.4) is 0 Å². The zero-order valence-electron chi connectivity index (χ0n) is 22.4. The Balaban J connectivity index is 3.31. The van der Waals surface area contributed by atoms with Crippen LogP contribution in [0.5, 0.6) is 5.75 Å². The third kappa shape index (κ3) is 10.1. The Morgan fingerprint density at radius 2 is 1.78 bits per heavy atom. The molecule has 0 saturated carbocycles. The maximum Gasteiger partial charge on any atom is 0.408 e. The Labute approximate surface area is 213 Å². The molecule has 0 heterocycles. The summed E-state index contributed by atoms with van der Waals surface area (Å²) < 4.78 is 10.2. The second kappa shape index (κ2) is 14.3. The van der Waals surface area contributed by atoms with Crippen LogP contribution in [-0.2, 0) is 23.9 Å². The molecule has 36 heavy (non-hydrogen) atoms. The van der Waals surface area contributed by atoms with Gasteiger partial charge in [-0.25, -0.2) is 4.79 Å². The molecule has 0 aliphatic rings. The van der Waals surface area contributed by atoms with Gasteiger partial charge >= 0.3 is 12.1 Å². The zero-order chi connectivity index (χ0) is 27.5. The first-order chi connectivity index (χ1) is 16.8. The summed E-state index contributed by atoms with van der Waals surface area (Å²) in [6.07, 6.45) is -0.226. The van der Waals surface area contributed by atoms with Crippen LogP contribution in [0.1, 0.15) is 72.9 Å². The van der Waals surface area contributed by atoms with Gasteiger partial charge in [0.1, 0.15) is 23.4 Å². The van der Waals surface area contributed by atoms with Gasteiger partial charge in [0.25, 0.3) is 0 Å². The fourth-order valence-corrected chi connectivity index (χ4v) is 3.52. The van der Waals surface area contributed by atoms with Crippen LogP contribution in [0, 0.1) is 5.92 Å². The molecule has 3 amide bonds. The number of nitrogens with one attached hydrogen (secondary N) is 2. The molecule has 0 aliphatic heterocycles. The predicted octanol–water partition coefficient (Wildman–Crippen LogP) is 3.29. The average Bonchev–Trinajstić information content (AvgIpc) is 2.75. The molecule has 0 radical (unpaired) electrons. The monoisotopic (exact) mass is 507 g/mol. The minimum Gasteiger partial charge on any atom is -0.508 e. The Bertz CT molecular complexity index is 896.